The number of anilines is 1. The highest BCUT2D eigenvalue weighted by Crippen LogP contribution is 2.42. The van der Waals surface area contributed by atoms with Gasteiger partial charge >= 0.3 is 0 Å². The minimum atomic E-state index is -0.526. The Kier molecular flexibility index (Phi) is 6.06. The van der Waals surface area contributed by atoms with Crippen molar-refractivity contribution < 1.29 is 14.3 Å². The second kappa shape index (κ2) is 8.67. The molecule has 1 amide bonds. The van der Waals surface area contributed by atoms with Crippen LogP contribution in [-0.2, 0) is 4.79 Å². The van der Waals surface area contributed by atoms with Crippen LogP contribution in [-0.4, -0.2) is 35.3 Å². The lowest BCUT2D eigenvalue weighted by Gasteiger charge is -2.26. The average Bonchev–Trinajstić information content (AvgIpc) is 2.69. The summed E-state index contributed by atoms with van der Waals surface area (Å²) < 4.78 is 11.2. The third-order valence-corrected chi connectivity index (χ3v) is 4.95. The number of rotatable bonds is 7. The van der Waals surface area contributed by atoms with Crippen LogP contribution in [0.25, 0.3) is 0 Å². The predicted molar refractivity (Wildman–Crippen MR) is 108 cm³/mol. The molecular formula is C20H19N3O4S. The van der Waals surface area contributed by atoms with Gasteiger partial charge in [0.1, 0.15) is 12.4 Å². The van der Waals surface area contributed by atoms with Crippen molar-refractivity contribution in [1.29, 1.82) is 0 Å². The smallest absolute Gasteiger partial charge is 0.257 e. The standard InChI is InChI=1S/C20H19N3O4S/c1-4-9-27-17-12(7-6-8-14(17)26-3)13-11-15(24)21-18-16(13)19(25)23-20(22-18)28-10-5-2/h2,4,6-8,13H,1,9-11H2,3H3,(H2,21,22,23,24,25)/t13-/m1/s1. The summed E-state index contributed by atoms with van der Waals surface area (Å²) in [5.41, 5.74) is 0.724. The first-order chi connectivity index (χ1) is 13.6. The lowest BCUT2D eigenvalue weighted by atomic mass is 9.86. The molecule has 0 aliphatic carbocycles. The monoisotopic (exact) mass is 397 g/mol. The molecule has 0 fully saturated rings. The molecule has 0 radical (unpaired) electrons. The van der Waals surface area contributed by atoms with Gasteiger partial charge in [-0.25, -0.2) is 4.98 Å². The zero-order valence-electron chi connectivity index (χ0n) is 15.3. The molecule has 0 spiro atoms. The highest BCUT2D eigenvalue weighted by Gasteiger charge is 2.33. The number of aromatic amines is 1. The Morgan fingerprint density at radius 3 is 3.00 bits per heavy atom. The summed E-state index contributed by atoms with van der Waals surface area (Å²) in [5.74, 6) is 3.29. The van der Waals surface area contributed by atoms with E-state index in [1.807, 2.05) is 6.07 Å². The number of ether oxygens (including phenoxy) is 2. The Morgan fingerprint density at radius 2 is 2.29 bits per heavy atom. The van der Waals surface area contributed by atoms with Crippen molar-refractivity contribution in [2.24, 2.45) is 0 Å². The van der Waals surface area contributed by atoms with Gasteiger partial charge in [-0.1, -0.05) is 42.5 Å². The highest BCUT2D eigenvalue weighted by atomic mass is 32.2. The molecule has 0 saturated heterocycles. The van der Waals surface area contributed by atoms with Crippen LogP contribution in [0.5, 0.6) is 11.5 Å². The molecule has 0 saturated carbocycles. The van der Waals surface area contributed by atoms with Gasteiger partial charge in [0.05, 0.1) is 18.4 Å². The number of nitrogens with one attached hydrogen (secondary N) is 2. The van der Waals surface area contributed by atoms with E-state index in [9.17, 15) is 9.59 Å². The van der Waals surface area contributed by atoms with E-state index >= 15 is 0 Å². The normalized spacial score (nSPS) is 15.1. The summed E-state index contributed by atoms with van der Waals surface area (Å²) in [4.78, 5) is 32.3. The van der Waals surface area contributed by atoms with Crippen molar-refractivity contribution >= 4 is 23.5 Å². The lowest BCUT2D eigenvalue weighted by Crippen LogP contribution is -2.31. The number of hydrogen-bond acceptors (Lipinski definition) is 6. The van der Waals surface area contributed by atoms with Gasteiger partial charge in [0.15, 0.2) is 16.7 Å². The molecule has 1 aromatic heterocycles. The van der Waals surface area contributed by atoms with Crippen LogP contribution < -0.4 is 20.3 Å². The third-order valence-electron chi connectivity index (χ3n) is 4.17. The number of fused-ring (bicyclic) bond motifs is 1. The molecule has 1 atom stereocenters. The van der Waals surface area contributed by atoms with E-state index in [4.69, 9.17) is 15.9 Å². The minimum Gasteiger partial charge on any atom is -0.493 e. The topological polar surface area (TPSA) is 93.3 Å². The third kappa shape index (κ3) is 3.89. The van der Waals surface area contributed by atoms with Crippen LogP contribution >= 0.6 is 11.8 Å². The highest BCUT2D eigenvalue weighted by molar-refractivity contribution is 7.99. The maximum absolute atomic E-state index is 12.8. The minimum absolute atomic E-state index is 0.0895. The molecule has 0 bridgehead atoms. The molecule has 7 nitrogen and oxygen atoms in total. The summed E-state index contributed by atoms with van der Waals surface area (Å²) in [5, 5.41) is 3.04. The van der Waals surface area contributed by atoms with Crippen LogP contribution in [0.2, 0.25) is 0 Å². The molecule has 0 unspecified atom stereocenters. The van der Waals surface area contributed by atoms with Crippen LogP contribution in [0.15, 0.2) is 40.8 Å². The number of methoxy groups -OCH3 is 1. The van der Waals surface area contributed by atoms with Gasteiger partial charge in [0.2, 0.25) is 5.91 Å². The molecule has 28 heavy (non-hydrogen) atoms. The Bertz CT molecular complexity index is 1010. The van der Waals surface area contributed by atoms with Crippen LogP contribution in [0, 0.1) is 12.3 Å². The molecule has 1 aliphatic rings. The second-order valence-corrected chi connectivity index (χ2v) is 6.87. The fourth-order valence-corrected chi connectivity index (χ4v) is 3.60. The van der Waals surface area contributed by atoms with E-state index in [1.54, 1.807) is 18.2 Å². The average molecular weight is 397 g/mol. The van der Waals surface area contributed by atoms with E-state index in [0.717, 1.165) is 0 Å². The van der Waals surface area contributed by atoms with Gasteiger partial charge in [-0.3, -0.25) is 9.59 Å². The van der Waals surface area contributed by atoms with Crippen molar-refractivity contribution in [3.8, 4) is 23.8 Å². The molecule has 3 rings (SSSR count). The van der Waals surface area contributed by atoms with E-state index in [0.29, 0.717) is 33.5 Å². The summed E-state index contributed by atoms with van der Waals surface area (Å²) in [7, 11) is 1.53. The Balaban J connectivity index is 2.13. The second-order valence-electron chi connectivity index (χ2n) is 5.91. The number of H-pyrrole nitrogens is 1. The Labute approximate surface area is 166 Å². The fraction of sp³-hybridized carbons (Fsp3) is 0.250. The Morgan fingerprint density at radius 1 is 1.46 bits per heavy atom. The summed E-state index contributed by atoms with van der Waals surface area (Å²) in [6, 6.07) is 5.36. The predicted octanol–water partition coefficient (Wildman–Crippen LogP) is 2.54. The number of benzene rings is 1. The summed E-state index contributed by atoms with van der Waals surface area (Å²) >= 11 is 1.22. The molecular weight excluding hydrogens is 378 g/mol. The molecule has 8 heteroatoms. The van der Waals surface area contributed by atoms with Gasteiger partial charge in [0.25, 0.3) is 5.56 Å². The number of nitrogens with zero attached hydrogens (tertiary/aromatic N) is 1. The molecule has 1 aromatic carbocycles. The number of carbonyl (C=O) groups is 1. The van der Waals surface area contributed by atoms with E-state index in [2.05, 4.69) is 27.8 Å². The van der Waals surface area contributed by atoms with Gasteiger partial charge in [0, 0.05) is 17.9 Å². The number of hydrogen-bond donors (Lipinski definition) is 2. The maximum Gasteiger partial charge on any atom is 0.257 e. The number of terminal acetylenes is 1. The molecule has 144 valence electrons. The maximum atomic E-state index is 12.8. The van der Waals surface area contributed by atoms with Crippen molar-refractivity contribution in [3.05, 3.63) is 52.3 Å². The molecule has 2 N–H and O–H groups in total. The SMILES string of the molecule is C#CCSc1nc2c(c(=O)[nH]1)[C@@H](c1cccc(OC)c1OCC=C)CC(=O)N2. The Hall–Kier alpha value is -3.18. The molecule has 2 heterocycles. The van der Waals surface area contributed by atoms with Gasteiger partial charge < -0.3 is 19.8 Å². The van der Waals surface area contributed by atoms with Crippen molar-refractivity contribution in [2.75, 3.05) is 24.8 Å². The molecule has 2 aromatic rings. The fourth-order valence-electron chi connectivity index (χ4n) is 3.06. The lowest BCUT2D eigenvalue weighted by molar-refractivity contribution is -0.116. The number of thioether (sulfide) groups is 1. The van der Waals surface area contributed by atoms with Crippen molar-refractivity contribution in [2.45, 2.75) is 17.5 Å². The number of carbonyl (C=O) groups excluding carboxylic acids is 1. The van der Waals surface area contributed by atoms with E-state index in [1.165, 1.54) is 18.9 Å². The zero-order chi connectivity index (χ0) is 20.1. The van der Waals surface area contributed by atoms with Crippen LogP contribution in [0.4, 0.5) is 5.82 Å². The largest absolute Gasteiger partial charge is 0.493 e. The van der Waals surface area contributed by atoms with E-state index in [-0.39, 0.29) is 30.3 Å². The number of aromatic nitrogens is 2. The zero-order valence-corrected chi connectivity index (χ0v) is 16.1. The first-order valence-electron chi connectivity index (χ1n) is 8.50. The number of amides is 1. The first-order valence-corrected chi connectivity index (χ1v) is 9.48. The van der Waals surface area contributed by atoms with Crippen molar-refractivity contribution in [1.82, 2.24) is 9.97 Å². The van der Waals surface area contributed by atoms with Crippen molar-refractivity contribution in [3.63, 3.8) is 0 Å². The van der Waals surface area contributed by atoms with E-state index < -0.39 is 5.92 Å². The van der Waals surface area contributed by atoms with Gasteiger partial charge in [-0.15, -0.1) is 6.42 Å². The van der Waals surface area contributed by atoms with Crippen LogP contribution in [0.3, 0.4) is 0 Å². The van der Waals surface area contributed by atoms with Crippen LogP contribution in [0.1, 0.15) is 23.5 Å². The van der Waals surface area contributed by atoms with Gasteiger partial charge in [-0.05, 0) is 6.07 Å². The summed E-state index contributed by atoms with van der Waals surface area (Å²) in [6.07, 6.45) is 6.96. The number of para-hydroxylation sites is 1. The summed E-state index contributed by atoms with van der Waals surface area (Å²) in [6.45, 7) is 3.92. The van der Waals surface area contributed by atoms with Gasteiger partial charge in [-0.2, -0.15) is 0 Å². The first kappa shape index (κ1) is 19.6. The quantitative estimate of drug-likeness (QED) is 0.323. The molecule has 1 aliphatic heterocycles.